The lowest BCUT2D eigenvalue weighted by molar-refractivity contribution is -0.134. The summed E-state index contributed by atoms with van der Waals surface area (Å²) in [7, 11) is 1.66. The van der Waals surface area contributed by atoms with Crippen LogP contribution in [0.15, 0.2) is 0 Å². The molecule has 0 aromatic heterocycles. The van der Waals surface area contributed by atoms with E-state index >= 15 is 0 Å². The minimum atomic E-state index is -0.390. The van der Waals surface area contributed by atoms with E-state index in [0.29, 0.717) is 6.61 Å². The third-order valence-electron chi connectivity index (χ3n) is 2.29. The molecule has 0 aromatic rings. The number of amides is 1. The highest BCUT2D eigenvalue weighted by atomic mass is 16.5. The maximum absolute atomic E-state index is 11.5. The molecule has 13 heavy (non-hydrogen) atoms. The van der Waals surface area contributed by atoms with Gasteiger partial charge in [-0.1, -0.05) is 6.92 Å². The monoisotopic (exact) mass is 187 g/mol. The summed E-state index contributed by atoms with van der Waals surface area (Å²) < 4.78 is 5.46. The summed E-state index contributed by atoms with van der Waals surface area (Å²) in [6.07, 6.45) is 0.967. The van der Waals surface area contributed by atoms with E-state index in [4.69, 9.17) is 4.74 Å². The Morgan fingerprint density at radius 1 is 1.54 bits per heavy atom. The molecule has 0 spiro atoms. The smallest absolute Gasteiger partial charge is 0.228 e. The minimum absolute atomic E-state index is 0.0515. The number of rotatable bonds is 5. The molecule has 0 radical (unpaired) electrons. The van der Waals surface area contributed by atoms with Crippen LogP contribution >= 0.6 is 0 Å². The number of hydrogen-bond acceptors (Lipinski definition) is 2. The molecule has 3 nitrogen and oxygen atoms in total. The van der Waals surface area contributed by atoms with E-state index in [9.17, 15) is 4.79 Å². The van der Waals surface area contributed by atoms with Gasteiger partial charge in [-0.25, -0.2) is 0 Å². The second kappa shape index (κ2) is 5.22. The lowest BCUT2D eigenvalue weighted by Gasteiger charge is -2.26. The van der Waals surface area contributed by atoms with Crippen molar-refractivity contribution in [3.63, 3.8) is 0 Å². The summed E-state index contributed by atoms with van der Waals surface area (Å²) >= 11 is 0. The van der Waals surface area contributed by atoms with Crippen molar-refractivity contribution in [3.8, 4) is 0 Å². The molecule has 0 aromatic carbocycles. The van der Waals surface area contributed by atoms with Gasteiger partial charge in [-0.15, -0.1) is 0 Å². The summed E-state index contributed by atoms with van der Waals surface area (Å²) in [5.41, 5.74) is -0.390. The van der Waals surface area contributed by atoms with Crippen molar-refractivity contribution in [2.24, 2.45) is 5.41 Å². The van der Waals surface area contributed by atoms with Gasteiger partial charge in [-0.3, -0.25) is 4.79 Å². The van der Waals surface area contributed by atoms with E-state index in [1.807, 2.05) is 27.7 Å². The first-order valence-electron chi connectivity index (χ1n) is 4.80. The van der Waals surface area contributed by atoms with Crippen LogP contribution in [-0.2, 0) is 9.53 Å². The Morgan fingerprint density at radius 3 is 2.38 bits per heavy atom. The average Bonchev–Trinajstić information content (AvgIpc) is 2.12. The molecule has 0 fully saturated rings. The van der Waals surface area contributed by atoms with Crippen LogP contribution in [0.5, 0.6) is 0 Å². The first-order chi connectivity index (χ1) is 5.96. The van der Waals surface area contributed by atoms with Crippen LogP contribution < -0.4 is 5.32 Å². The Bertz CT molecular complexity index is 168. The normalized spacial score (nSPS) is 15.5. The lowest BCUT2D eigenvalue weighted by Crippen LogP contribution is -2.40. The highest BCUT2D eigenvalue weighted by molar-refractivity contribution is 5.81. The predicted octanol–water partition coefficient (Wildman–Crippen LogP) is 1.57. The number of hydrogen-bond donors (Lipinski definition) is 1. The third-order valence-corrected chi connectivity index (χ3v) is 2.29. The molecule has 0 saturated heterocycles. The van der Waals surface area contributed by atoms with Crippen LogP contribution in [0.1, 0.15) is 34.1 Å². The van der Waals surface area contributed by atoms with Gasteiger partial charge in [0.15, 0.2) is 0 Å². The molecule has 0 aliphatic carbocycles. The van der Waals surface area contributed by atoms with Gasteiger partial charge in [0, 0.05) is 7.05 Å². The first-order valence-corrected chi connectivity index (χ1v) is 4.80. The number of carbonyl (C=O) groups excluding carboxylic acids is 1. The highest BCUT2D eigenvalue weighted by Gasteiger charge is 2.30. The molecule has 3 heteroatoms. The van der Waals surface area contributed by atoms with Crippen LogP contribution in [0.2, 0.25) is 0 Å². The molecule has 0 saturated carbocycles. The van der Waals surface area contributed by atoms with Gasteiger partial charge in [-0.05, 0) is 27.2 Å². The molecule has 0 aliphatic heterocycles. The van der Waals surface area contributed by atoms with E-state index in [-0.39, 0.29) is 17.4 Å². The maximum Gasteiger partial charge on any atom is 0.228 e. The number of ether oxygens (including phenoxy) is 1. The largest absolute Gasteiger partial charge is 0.378 e. The molecule has 1 unspecified atom stereocenters. The Labute approximate surface area is 80.8 Å². The van der Waals surface area contributed by atoms with E-state index in [1.165, 1.54) is 0 Å². The summed E-state index contributed by atoms with van der Waals surface area (Å²) in [5, 5.41) is 2.66. The molecular weight excluding hydrogens is 166 g/mol. The second-order valence-electron chi connectivity index (χ2n) is 3.85. The highest BCUT2D eigenvalue weighted by Crippen LogP contribution is 2.22. The van der Waals surface area contributed by atoms with Gasteiger partial charge in [0.25, 0.3) is 0 Å². The first kappa shape index (κ1) is 12.4. The summed E-state index contributed by atoms with van der Waals surface area (Å²) in [6, 6.07) is 0. The standard InChI is InChI=1S/C10H21NO2/c1-6-10(4,9(12)11-5)7-13-8(2)3/h8H,6-7H2,1-5H3,(H,11,12). The van der Waals surface area contributed by atoms with Gasteiger partial charge in [-0.2, -0.15) is 0 Å². The predicted molar refractivity (Wildman–Crippen MR) is 53.6 cm³/mol. The molecule has 78 valence electrons. The Balaban J connectivity index is 4.19. The summed E-state index contributed by atoms with van der Waals surface area (Å²) in [4.78, 5) is 11.5. The fraction of sp³-hybridized carbons (Fsp3) is 0.900. The van der Waals surface area contributed by atoms with Crippen molar-refractivity contribution in [2.75, 3.05) is 13.7 Å². The topological polar surface area (TPSA) is 38.3 Å². The van der Waals surface area contributed by atoms with Gasteiger partial charge in [0.05, 0.1) is 18.1 Å². The van der Waals surface area contributed by atoms with Crippen molar-refractivity contribution in [1.29, 1.82) is 0 Å². The van der Waals surface area contributed by atoms with Gasteiger partial charge < -0.3 is 10.1 Å². The van der Waals surface area contributed by atoms with Crippen molar-refractivity contribution < 1.29 is 9.53 Å². The van der Waals surface area contributed by atoms with Gasteiger partial charge >= 0.3 is 0 Å². The SMILES string of the molecule is CCC(C)(COC(C)C)C(=O)NC. The van der Waals surface area contributed by atoms with Crippen molar-refractivity contribution >= 4 is 5.91 Å². The van der Waals surface area contributed by atoms with E-state index in [0.717, 1.165) is 6.42 Å². The lowest BCUT2D eigenvalue weighted by atomic mass is 9.87. The molecule has 0 heterocycles. The summed E-state index contributed by atoms with van der Waals surface area (Å²) in [5.74, 6) is 0.0515. The Hall–Kier alpha value is -0.570. The zero-order valence-corrected chi connectivity index (χ0v) is 9.31. The zero-order valence-electron chi connectivity index (χ0n) is 9.31. The van der Waals surface area contributed by atoms with Crippen LogP contribution in [-0.4, -0.2) is 25.7 Å². The van der Waals surface area contributed by atoms with Crippen LogP contribution in [0.3, 0.4) is 0 Å². The third kappa shape index (κ3) is 3.77. The molecular formula is C10H21NO2. The minimum Gasteiger partial charge on any atom is -0.378 e. The van der Waals surface area contributed by atoms with Crippen molar-refractivity contribution in [3.05, 3.63) is 0 Å². The van der Waals surface area contributed by atoms with Crippen LogP contribution in [0.25, 0.3) is 0 Å². The van der Waals surface area contributed by atoms with Gasteiger partial charge in [0.1, 0.15) is 0 Å². The summed E-state index contributed by atoms with van der Waals surface area (Å²) in [6.45, 7) is 8.36. The van der Waals surface area contributed by atoms with Gasteiger partial charge in [0.2, 0.25) is 5.91 Å². The fourth-order valence-electron chi connectivity index (χ4n) is 0.981. The van der Waals surface area contributed by atoms with Crippen LogP contribution in [0.4, 0.5) is 0 Å². The number of nitrogens with one attached hydrogen (secondary N) is 1. The Kier molecular flexibility index (Phi) is 4.99. The quantitative estimate of drug-likeness (QED) is 0.709. The van der Waals surface area contributed by atoms with E-state index < -0.39 is 0 Å². The molecule has 1 amide bonds. The average molecular weight is 187 g/mol. The Morgan fingerprint density at radius 2 is 2.08 bits per heavy atom. The molecule has 1 atom stereocenters. The second-order valence-corrected chi connectivity index (χ2v) is 3.85. The fourth-order valence-corrected chi connectivity index (χ4v) is 0.981. The van der Waals surface area contributed by atoms with Crippen LogP contribution in [0, 0.1) is 5.41 Å². The maximum atomic E-state index is 11.5. The molecule has 0 bridgehead atoms. The van der Waals surface area contributed by atoms with Crippen molar-refractivity contribution in [1.82, 2.24) is 5.32 Å². The molecule has 0 aliphatic rings. The molecule has 0 rings (SSSR count). The molecule has 1 N–H and O–H groups in total. The van der Waals surface area contributed by atoms with E-state index in [2.05, 4.69) is 5.32 Å². The van der Waals surface area contributed by atoms with E-state index in [1.54, 1.807) is 7.05 Å². The zero-order chi connectivity index (χ0) is 10.5. The number of carbonyl (C=O) groups is 1. The van der Waals surface area contributed by atoms with Crippen molar-refractivity contribution in [2.45, 2.75) is 40.2 Å².